The molecule has 2 rings (SSSR count). The molecule has 1 aromatic rings. The van der Waals surface area contributed by atoms with Crippen molar-refractivity contribution < 1.29 is 13.6 Å². The molecule has 0 atom stereocenters. The Hall–Kier alpha value is -1.10. The highest BCUT2D eigenvalue weighted by Gasteiger charge is 2.18. The first-order valence-corrected chi connectivity index (χ1v) is 8.39. The van der Waals surface area contributed by atoms with Gasteiger partial charge >= 0.3 is 0 Å². The topological polar surface area (TPSA) is 20.3 Å². The average molecular weight is 313 g/mol. The maximum absolute atomic E-state index is 12.5. The van der Waals surface area contributed by atoms with E-state index in [1.165, 1.54) is 34.2 Å². The van der Waals surface area contributed by atoms with Gasteiger partial charge in [-0.3, -0.25) is 4.79 Å². The first-order chi connectivity index (χ1) is 10.1. The smallest absolute Gasteiger partial charge is 0.255 e. The second-order valence-electron chi connectivity index (χ2n) is 5.30. The number of carbonyl (C=O) groups excluding carboxylic acids is 1. The second-order valence-corrected chi connectivity index (χ2v) is 6.35. The quantitative estimate of drug-likeness (QED) is 0.714. The van der Waals surface area contributed by atoms with Crippen LogP contribution in [0.4, 0.5) is 8.78 Å². The molecule has 0 radical (unpaired) electrons. The van der Waals surface area contributed by atoms with Gasteiger partial charge in [-0.05, 0) is 48.9 Å². The lowest BCUT2D eigenvalue weighted by atomic mass is 10.1. The molecule has 2 nitrogen and oxygen atoms in total. The van der Waals surface area contributed by atoms with Crippen LogP contribution in [-0.2, 0) is 17.6 Å². The Bertz CT molecular complexity index is 493. The summed E-state index contributed by atoms with van der Waals surface area (Å²) in [6.45, 7) is 1.82. The number of rotatable bonds is 7. The molecular formula is C16H21F2NOS. The van der Waals surface area contributed by atoms with Crippen LogP contribution >= 0.6 is 11.8 Å². The highest BCUT2D eigenvalue weighted by atomic mass is 32.2. The monoisotopic (exact) mass is 313 g/mol. The third-order valence-corrected chi connectivity index (χ3v) is 4.62. The summed E-state index contributed by atoms with van der Waals surface area (Å²) >= 11 is 1.44. The summed E-state index contributed by atoms with van der Waals surface area (Å²) in [4.78, 5) is 14.4. The number of halogens is 2. The van der Waals surface area contributed by atoms with E-state index >= 15 is 0 Å². The largest absolute Gasteiger partial charge is 0.336 e. The van der Waals surface area contributed by atoms with E-state index in [-0.39, 0.29) is 11.7 Å². The summed E-state index contributed by atoms with van der Waals surface area (Å²) in [6.07, 6.45) is 1.66. The van der Waals surface area contributed by atoms with E-state index in [1.807, 2.05) is 13.0 Å². The minimum absolute atomic E-state index is 0.206. The van der Waals surface area contributed by atoms with Crippen molar-refractivity contribution in [2.75, 3.05) is 18.8 Å². The molecule has 0 aliphatic heterocycles. The van der Waals surface area contributed by atoms with E-state index in [2.05, 4.69) is 12.1 Å². The van der Waals surface area contributed by atoms with Gasteiger partial charge in [0.25, 0.3) is 6.43 Å². The maximum atomic E-state index is 12.5. The number of fused-ring (bicyclic) bond motifs is 1. The molecule has 1 aliphatic rings. The highest BCUT2D eigenvalue weighted by Crippen LogP contribution is 2.27. The summed E-state index contributed by atoms with van der Waals surface area (Å²) < 4.78 is 25.0. The van der Waals surface area contributed by atoms with Crippen molar-refractivity contribution in [1.82, 2.24) is 4.90 Å². The van der Waals surface area contributed by atoms with Crippen LogP contribution in [0.5, 0.6) is 0 Å². The normalized spacial score (nSPS) is 13.5. The van der Waals surface area contributed by atoms with Crippen molar-refractivity contribution in [1.29, 1.82) is 0 Å². The Balaban J connectivity index is 1.90. The van der Waals surface area contributed by atoms with Crippen LogP contribution in [0.3, 0.4) is 0 Å². The molecule has 1 aliphatic carbocycles. The first-order valence-electron chi connectivity index (χ1n) is 7.40. The van der Waals surface area contributed by atoms with Crippen molar-refractivity contribution in [3.8, 4) is 0 Å². The predicted molar refractivity (Wildman–Crippen MR) is 82.1 cm³/mol. The highest BCUT2D eigenvalue weighted by molar-refractivity contribution is 8.00. The lowest BCUT2D eigenvalue weighted by Gasteiger charge is -2.21. The number of carbonyl (C=O) groups is 1. The summed E-state index contributed by atoms with van der Waals surface area (Å²) in [7, 11) is 0. The van der Waals surface area contributed by atoms with Crippen LogP contribution in [0.2, 0.25) is 0 Å². The molecule has 1 amide bonds. The van der Waals surface area contributed by atoms with E-state index in [0.717, 1.165) is 17.7 Å². The first kappa shape index (κ1) is 16.3. The third-order valence-electron chi connectivity index (χ3n) is 3.64. The van der Waals surface area contributed by atoms with Gasteiger partial charge in [0.2, 0.25) is 5.91 Å². The zero-order valence-corrected chi connectivity index (χ0v) is 13.1. The average Bonchev–Trinajstić information content (AvgIpc) is 2.91. The summed E-state index contributed by atoms with van der Waals surface area (Å²) in [6, 6.07) is 6.29. The molecule has 0 saturated heterocycles. The molecule has 0 saturated carbocycles. The lowest BCUT2D eigenvalue weighted by Crippen LogP contribution is -2.36. The Kier molecular flexibility index (Phi) is 6.03. The van der Waals surface area contributed by atoms with Crippen molar-refractivity contribution >= 4 is 17.7 Å². The van der Waals surface area contributed by atoms with E-state index in [4.69, 9.17) is 0 Å². The second kappa shape index (κ2) is 7.78. The van der Waals surface area contributed by atoms with Gasteiger partial charge in [-0.25, -0.2) is 8.78 Å². The van der Waals surface area contributed by atoms with Crippen LogP contribution in [0, 0.1) is 0 Å². The minimum atomic E-state index is -2.47. The number of alkyl halides is 2. The van der Waals surface area contributed by atoms with E-state index in [0.29, 0.717) is 13.0 Å². The molecule has 0 aromatic heterocycles. The molecule has 0 bridgehead atoms. The van der Waals surface area contributed by atoms with Gasteiger partial charge in [0.1, 0.15) is 0 Å². The Morgan fingerprint density at radius 3 is 2.81 bits per heavy atom. The number of nitrogens with zero attached hydrogens (tertiary/aromatic N) is 1. The van der Waals surface area contributed by atoms with Gasteiger partial charge < -0.3 is 4.90 Å². The third kappa shape index (κ3) is 4.70. The van der Waals surface area contributed by atoms with E-state index in [1.54, 1.807) is 0 Å². The molecule has 0 N–H and O–H groups in total. The number of thioether (sulfide) groups is 1. The number of hydrogen-bond acceptors (Lipinski definition) is 2. The van der Waals surface area contributed by atoms with Crippen LogP contribution in [0.15, 0.2) is 23.1 Å². The van der Waals surface area contributed by atoms with Crippen molar-refractivity contribution in [2.24, 2.45) is 0 Å². The Morgan fingerprint density at radius 2 is 2.10 bits per heavy atom. The van der Waals surface area contributed by atoms with Crippen LogP contribution in [0.25, 0.3) is 0 Å². The van der Waals surface area contributed by atoms with Gasteiger partial charge in [0.15, 0.2) is 0 Å². The summed E-state index contributed by atoms with van der Waals surface area (Å²) in [5.74, 6) is 0.0218. The molecular weight excluding hydrogens is 292 g/mol. The molecule has 21 heavy (non-hydrogen) atoms. The number of aryl methyl sites for hydroxylation is 2. The molecule has 0 unspecified atom stereocenters. The molecule has 0 heterocycles. The lowest BCUT2D eigenvalue weighted by molar-refractivity contribution is -0.130. The van der Waals surface area contributed by atoms with Crippen molar-refractivity contribution in [2.45, 2.75) is 43.9 Å². The SMILES string of the molecule is CCCN(CC(F)F)C(=O)CSc1ccc2c(c1)CCC2. The number of amides is 1. The van der Waals surface area contributed by atoms with Crippen LogP contribution in [-0.4, -0.2) is 36.1 Å². The van der Waals surface area contributed by atoms with Gasteiger partial charge in [-0.1, -0.05) is 13.0 Å². The molecule has 0 fully saturated rings. The standard InChI is InChI=1S/C16H21F2NOS/c1-2-8-19(10-15(17)18)16(20)11-21-14-7-6-12-4-3-5-13(12)9-14/h6-7,9,15H,2-5,8,10-11H2,1H3. The number of benzene rings is 1. The van der Waals surface area contributed by atoms with Crippen molar-refractivity contribution in [3.05, 3.63) is 29.3 Å². The van der Waals surface area contributed by atoms with Gasteiger partial charge in [-0.2, -0.15) is 0 Å². The molecule has 5 heteroatoms. The van der Waals surface area contributed by atoms with E-state index < -0.39 is 13.0 Å². The predicted octanol–water partition coefficient (Wildman–Crippen LogP) is 3.77. The van der Waals surface area contributed by atoms with E-state index in [9.17, 15) is 13.6 Å². The van der Waals surface area contributed by atoms with Crippen molar-refractivity contribution in [3.63, 3.8) is 0 Å². The minimum Gasteiger partial charge on any atom is -0.336 e. The Morgan fingerprint density at radius 1 is 1.33 bits per heavy atom. The zero-order chi connectivity index (χ0) is 15.2. The van der Waals surface area contributed by atoms with Crippen LogP contribution in [0.1, 0.15) is 30.9 Å². The molecule has 0 spiro atoms. The summed E-state index contributed by atoms with van der Waals surface area (Å²) in [5.41, 5.74) is 2.77. The van der Waals surface area contributed by atoms with Gasteiger partial charge in [0, 0.05) is 11.4 Å². The fourth-order valence-corrected chi connectivity index (χ4v) is 3.49. The molecule has 1 aromatic carbocycles. The van der Waals surface area contributed by atoms with Crippen LogP contribution < -0.4 is 0 Å². The molecule has 116 valence electrons. The maximum Gasteiger partial charge on any atom is 0.255 e. The fourth-order valence-electron chi connectivity index (χ4n) is 2.63. The summed E-state index contributed by atoms with van der Waals surface area (Å²) in [5, 5.41) is 0. The zero-order valence-electron chi connectivity index (χ0n) is 12.3. The Labute approximate surface area is 128 Å². The number of hydrogen-bond donors (Lipinski definition) is 0. The van der Waals surface area contributed by atoms with Gasteiger partial charge in [-0.15, -0.1) is 11.8 Å². The fraction of sp³-hybridized carbons (Fsp3) is 0.562. The van der Waals surface area contributed by atoms with Gasteiger partial charge in [0.05, 0.1) is 12.3 Å².